The van der Waals surface area contributed by atoms with Crippen LogP contribution in [0.3, 0.4) is 0 Å². The highest BCUT2D eigenvalue weighted by Gasteiger charge is 2.29. The van der Waals surface area contributed by atoms with Crippen molar-refractivity contribution < 1.29 is 18.3 Å². The van der Waals surface area contributed by atoms with Crippen LogP contribution in [0, 0.1) is 0 Å². The highest BCUT2D eigenvalue weighted by atomic mass is 19.4. The molecule has 1 N–H and O–H groups in total. The molecule has 0 saturated heterocycles. The van der Waals surface area contributed by atoms with Gasteiger partial charge in [-0.05, 0) is 17.7 Å². The number of nitrogens with zero attached hydrogens (tertiary/aromatic N) is 2. The van der Waals surface area contributed by atoms with E-state index in [9.17, 15) is 13.2 Å². The van der Waals surface area contributed by atoms with Gasteiger partial charge in [0, 0.05) is 18.9 Å². The Morgan fingerprint density at radius 2 is 1.83 bits per heavy atom. The van der Waals surface area contributed by atoms with E-state index in [1.54, 1.807) is 10.8 Å². The zero-order valence-electron chi connectivity index (χ0n) is 9.35. The van der Waals surface area contributed by atoms with Gasteiger partial charge in [0.15, 0.2) is 0 Å². The number of halogens is 3. The Morgan fingerprint density at radius 1 is 1.17 bits per heavy atom. The molecule has 0 aliphatic heterocycles. The molecule has 2 aromatic rings. The van der Waals surface area contributed by atoms with Gasteiger partial charge in [-0.15, -0.1) is 0 Å². The Labute approximate surface area is 102 Å². The molecular formula is C12H11F3N2O. The summed E-state index contributed by atoms with van der Waals surface area (Å²) in [6.45, 7) is 0.182. The summed E-state index contributed by atoms with van der Waals surface area (Å²) in [6.07, 6.45) is -1.11. The summed E-state index contributed by atoms with van der Waals surface area (Å²) in [5.74, 6) is 0.481. The number of aromatic nitrogens is 2. The summed E-state index contributed by atoms with van der Waals surface area (Å²) in [5.41, 5.74) is 0.0509. The molecule has 0 saturated carbocycles. The number of aliphatic hydroxyl groups excluding tert-OH is 1. The lowest BCUT2D eigenvalue weighted by molar-refractivity contribution is -0.137. The number of alkyl halides is 3. The number of rotatable bonds is 3. The molecule has 0 spiro atoms. The van der Waals surface area contributed by atoms with Crippen LogP contribution in [0.25, 0.3) is 0 Å². The molecule has 6 heteroatoms. The van der Waals surface area contributed by atoms with Crippen molar-refractivity contribution in [2.45, 2.75) is 19.3 Å². The average Bonchev–Trinajstić information content (AvgIpc) is 2.76. The maximum Gasteiger partial charge on any atom is 0.416 e. The summed E-state index contributed by atoms with van der Waals surface area (Å²) in [5, 5.41) is 9.00. The minimum atomic E-state index is -4.32. The van der Waals surface area contributed by atoms with Crippen molar-refractivity contribution in [1.29, 1.82) is 0 Å². The van der Waals surface area contributed by atoms with Gasteiger partial charge in [0.2, 0.25) is 0 Å². The van der Waals surface area contributed by atoms with Crippen molar-refractivity contribution >= 4 is 0 Å². The van der Waals surface area contributed by atoms with Crippen molar-refractivity contribution in [1.82, 2.24) is 9.55 Å². The Bertz CT molecular complexity index is 517. The molecule has 1 aromatic carbocycles. The van der Waals surface area contributed by atoms with E-state index in [0.29, 0.717) is 12.4 Å². The van der Waals surface area contributed by atoms with Crippen LogP contribution in [0.4, 0.5) is 13.2 Å². The number of hydrogen-bond donors (Lipinski definition) is 1. The molecule has 0 unspecified atom stereocenters. The van der Waals surface area contributed by atoms with Crippen LogP contribution in [0.2, 0.25) is 0 Å². The fourth-order valence-corrected chi connectivity index (χ4v) is 1.63. The first-order valence-electron chi connectivity index (χ1n) is 5.27. The van der Waals surface area contributed by atoms with Gasteiger partial charge in [-0.1, -0.05) is 12.1 Å². The lowest BCUT2D eigenvalue weighted by Gasteiger charge is -2.09. The summed E-state index contributed by atoms with van der Waals surface area (Å²) in [4.78, 5) is 3.92. The average molecular weight is 256 g/mol. The van der Waals surface area contributed by atoms with Crippen molar-refractivity contribution in [3.8, 4) is 0 Å². The second-order valence-electron chi connectivity index (χ2n) is 3.82. The van der Waals surface area contributed by atoms with Crippen LogP contribution in [-0.4, -0.2) is 14.7 Å². The molecular weight excluding hydrogens is 245 g/mol. The van der Waals surface area contributed by atoms with Crippen LogP contribution < -0.4 is 0 Å². The fourth-order valence-electron chi connectivity index (χ4n) is 1.63. The van der Waals surface area contributed by atoms with E-state index >= 15 is 0 Å². The van der Waals surface area contributed by atoms with Crippen molar-refractivity contribution in [2.24, 2.45) is 0 Å². The van der Waals surface area contributed by atoms with Gasteiger partial charge >= 0.3 is 6.18 Å². The third-order valence-corrected chi connectivity index (χ3v) is 2.58. The Balaban J connectivity index is 2.16. The first-order valence-corrected chi connectivity index (χ1v) is 5.27. The molecule has 1 heterocycles. The molecule has 0 aliphatic rings. The zero-order chi connectivity index (χ0) is 13.2. The minimum Gasteiger partial charge on any atom is -0.388 e. The standard InChI is InChI=1S/C12H11F3N2O/c13-12(14,15)10-3-1-9(2-4-10)7-17-6-5-16-11(17)8-18/h1-6,18H,7-8H2. The lowest BCUT2D eigenvalue weighted by Crippen LogP contribution is -2.07. The van der Waals surface area contributed by atoms with Crippen LogP contribution in [0.15, 0.2) is 36.7 Å². The molecule has 0 radical (unpaired) electrons. The Kier molecular flexibility index (Phi) is 3.38. The van der Waals surface area contributed by atoms with Crippen molar-refractivity contribution in [3.63, 3.8) is 0 Å². The van der Waals surface area contributed by atoms with Gasteiger partial charge in [-0.25, -0.2) is 4.98 Å². The molecule has 0 amide bonds. The maximum absolute atomic E-state index is 12.4. The van der Waals surface area contributed by atoms with Crippen molar-refractivity contribution in [3.05, 3.63) is 53.6 Å². The van der Waals surface area contributed by atoms with Gasteiger partial charge < -0.3 is 9.67 Å². The third kappa shape index (κ3) is 2.70. The predicted molar refractivity (Wildman–Crippen MR) is 58.7 cm³/mol. The van der Waals surface area contributed by atoms with E-state index in [1.165, 1.54) is 18.3 Å². The third-order valence-electron chi connectivity index (χ3n) is 2.58. The van der Waals surface area contributed by atoms with Gasteiger partial charge in [0.25, 0.3) is 0 Å². The highest BCUT2D eigenvalue weighted by Crippen LogP contribution is 2.29. The normalized spacial score (nSPS) is 11.8. The van der Waals surface area contributed by atoms with Crippen molar-refractivity contribution in [2.75, 3.05) is 0 Å². The molecule has 1 aromatic heterocycles. The summed E-state index contributed by atoms with van der Waals surface area (Å²) < 4.78 is 38.8. The first-order chi connectivity index (χ1) is 8.50. The zero-order valence-corrected chi connectivity index (χ0v) is 9.35. The molecule has 18 heavy (non-hydrogen) atoms. The first kappa shape index (κ1) is 12.6. The highest BCUT2D eigenvalue weighted by molar-refractivity contribution is 5.25. The number of aliphatic hydroxyl groups is 1. The predicted octanol–water partition coefficient (Wildman–Crippen LogP) is 2.44. The smallest absolute Gasteiger partial charge is 0.388 e. The summed E-state index contributed by atoms with van der Waals surface area (Å²) >= 11 is 0. The van der Waals surface area contributed by atoms with Crippen LogP contribution in [-0.2, 0) is 19.3 Å². The molecule has 96 valence electrons. The minimum absolute atomic E-state index is 0.201. The van der Waals surface area contributed by atoms with E-state index in [-0.39, 0.29) is 6.61 Å². The van der Waals surface area contributed by atoms with Crippen LogP contribution in [0.5, 0.6) is 0 Å². The SMILES string of the molecule is OCc1nccn1Cc1ccc(C(F)(F)F)cc1. The fraction of sp³-hybridized carbons (Fsp3) is 0.250. The van der Waals surface area contributed by atoms with E-state index in [4.69, 9.17) is 5.11 Å². The van der Waals surface area contributed by atoms with Crippen LogP contribution >= 0.6 is 0 Å². The number of imidazole rings is 1. The van der Waals surface area contributed by atoms with E-state index < -0.39 is 11.7 Å². The summed E-state index contributed by atoms with van der Waals surface area (Å²) in [7, 11) is 0. The lowest BCUT2D eigenvalue weighted by atomic mass is 10.1. The maximum atomic E-state index is 12.4. The van der Waals surface area contributed by atoms with E-state index in [1.807, 2.05) is 0 Å². The summed E-state index contributed by atoms with van der Waals surface area (Å²) in [6, 6.07) is 4.93. The number of benzene rings is 1. The second kappa shape index (κ2) is 4.81. The van der Waals surface area contributed by atoms with Gasteiger partial charge in [0.05, 0.1) is 5.56 Å². The molecule has 3 nitrogen and oxygen atoms in total. The Morgan fingerprint density at radius 3 is 2.39 bits per heavy atom. The molecule has 2 rings (SSSR count). The molecule has 0 aliphatic carbocycles. The van der Waals surface area contributed by atoms with Gasteiger partial charge in [0.1, 0.15) is 12.4 Å². The topological polar surface area (TPSA) is 38.1 Å². The largest absolute Gasteiger partial charge is 0.416 e. The quantitative estimate of drug-likeness (QED) is 0.916. The van der Waals surface area contributed by atoms with E-state index in [0.717, 1.165) is 17.7 Å². The van der Waals surface area contributed by atoms with Gasteiger partial charge in [-0.2, -0.15) is 13.2 Å². The van der Waals surface area contributed by atoms with E-state index in [2.05, 4.69) is 4.98 Å². The molecule has 0 bridgehead atoms. The van der Waals surface area contributed by atoms with Crippen LogP contribution in [0.1, 0.15) is 17.0 Å². The monoisotopic (exact) mass is 256 g/mol. The second-order valence-corrected chi connectivity index (χ2v) is 3.82. The van der Waals surface area contributed by atoms with Gasteiger partial charge in [-0.3, -0.25) is 0 Å². The Hall–Kier alpha value is -1.82. The molecule has 0 atom stereocenters. The number of hydrogen-bond acceptors (Lipinski definition) is 2. The molecule has 0 fully saturated rings.